The van der Waals surface area contributed by atoms with Crippen molar-refractivity contribution in [3.8, 4) is 16.9 Å². The van der Waals surface area contributed by atoms with E-state index in [1.807, 2.05) is 19.1 Å². The Kier molecular flexibility index (Phi) is 4.16. The van der Waals surface area contributed by atoms with Crippen LogP contribution in [-0.2, 0) is 19.3 Å². The molecule has 5 rings (SSSR count). The first-order valence-corrected chi connectivity index (χ1v) is 10.4. The number of aryl methyl sites for hydroxylation is 2. The molecule has 1 aliphatic carbocycles. The fourth-order valence-electron chi connectivity index (χ4n) is 4.04. The number of pyridine rings is 1. The highest BCUT2D eigenvalue weighted by Gasteiger charge is 2.24. The predicted molar refractivity (Wildman–Crippen MR) is 111 cm³/mol. The third-order valence-corrected chi connectivity index (χ3v) is 6.46. The molecule has 6 heteroatoms. The quantitative estimate of drug-likeness (QED) is 0.495. The normalized spacial score (nSPS) is 13.8. The molecule has 0 unspecified atom stereocenters. The maximum Gasteiger partial charge on any atom is 0.357 e. The van der Waals surface area contributed by atoms with Gasteiger partial charge in [-0.15, -0.1) is 11.3 Å². The molecule has 5 nitrogen and oxygen atoms in total. The minimum Gasteiger partial charge on any atom is -0.497 e. The zero-order valence-electron chi connectivity index (χ0n) is 15.9. The summed E-state index contributed by atoms with van der Waals surface area (Å²) in [4.78, 5) is 23.0. The van der Waals surface area contributed by atoms with Gasteiger partial charge >= 0.3 is 5.63 Å². The van der Waals surface area contributed by atoms with Gasteiger partial charge in [0.1, 0.15) is 20.8 Å². The lowest BCUT2D eigenvalue weighted by Gasteiger charge is -2.20. The predicted octanol–water partition coefficient (Wildman–Crippen LogP) is 4.91. The summed E-state index contributed by atoms with van der Waals surface area (Å²) < 4.78 is 11.3. The van der Waals surface area contributed by atoms with Crippen LogP contribution in [0.1, 0.15) is 36.9 Å². The molecular formula is C22H20N2O3S. The zero-order valence-corrected chi connectivity index (χ0v) is 16.7. The summed E-state index contributed by atoms with van der Waals surface area (Å²) in [5.41, 5.74) is 5.11. The van der Waals surface area contributed by atoms with E-state index >= 15 is 0 Å². The summed E-state index contributed by atoms with van der Waals surface area (Å²) in [6.07, 6.45) is 4.86. The molecule has 0 N–H and O–H groups in total. The lowest BCUT2D eigenvalue weighted by atomic mass is 9.87. The van der Waals surface area contributed by atoms with Crippen LogP contribution >= 0.6 is 11.3 Å². The fraction of sp³-hybridized carbons (Fsp3) is 0.318. The summed E-state index contributed by atoms with van der Waals surface area (Å²) in [7, 11) is 1.67. The van der Waals surface area contributed by atoms with Crippen LogP contribution in [0.5, 0.6) is 5.75 Å². The SMILES string of the molecule is CCc1nc2c(sc3nc4c(c(-c5ccc(OC)cc5)c32)CCCC4)c(=O)o1. The summed E-state index contributed by atoms with van der Waals surface area (Å²) in [6.45, 7) is 1.94. The van der Waals surface area contributed by atoms with Gasteiger partial charge in [0.2, 0.25) is 0 Å². The summed E-state index contributed by atoms with van der Waals surface area (Å²) in [5.74, 6) is 1.29. The summed E-state index contributed by atoms with van der Waals surface area (Å²) >= 11 is 1.39. The lowest BCUT2D eigenvalue weighted by molar-refractivity contribution is 0.415. The maximum absolute atomic E-state index is 12.5. The molecule has 0 radical (unpaired) electrons. The van der Waals surface area contributed by atoms with Gasteiger partial charge in [0.05, 0.1) is 7.11 Å². The highest BCUT2D eigenvalue weighted by Crippen LogP contribution is 2.42. The van der Waals surface area contributed by atoms with Crippen molar-refractivity contribution in [3.05, 3.63) is 51.8 Å². The molecule has 0 bridgehead atoms. The van der Waals surface area contributed by atoms with Crippen LogP contribution in [0, 0.1) is 0 Å². The third kappa shape index (κ3) is 2.63. The van der Waals surface area contributed by atoms with Gasteiger partial charge in [-0.1, -0.05) is 19.1 Å². The van der Waals surface area contributed by atoms with Gasteiger partial charge in [0, 0.05) is 17.5 Å². The van der Waals surface area contributed by atoms with E-state index < -0.39 is 0 Å². The lowest BCUT2D eigenvalue weighted by Crippen LogP contribution is -2.07. The number of thiophene rings is 1. The van der Waals surface area contributed by atoms with Crippen molar-refractivity contribution in [2.75, 3.05) is 7.11 Å². The number of hydrogen-bond donors (Lipinski definition) is 0. The Morgan fingerprint density at radius 2 is 1.93 bits per heavy atom. The zero-order chi connectivity index (χ0) is 19.3. The van der Waals surface area contributed by atoms with E-state index in [1.54, 1.807) is 7.11 Å². The first kappa shape index (κ1) is 17.4. The molecule has 3 heterocycles. The monoisotopic (exact) mass is 392 g/mol. The van der Waals surface area contributed by atoms with Crippen LogP contribution in [0.15, 0.2) is 33.5 Å². The van der Waals surface area contributed by atoms with Gasteiger partial charge in [0.15, 0.2) is 5.89 Å². The Balaban J connectivity index is 1.92. The average molecular weight is 392 g/mol. The molecule has 4 aromatic rings. The molecule has 0 saturated heterocycles. The Labute approximate surface area is 166 Å². The molecule has 1 aromatic carbocycles. The van der Waals surface area contributed by atoms with Crippen molar-refractivity contribution in [3.63, 3.8) is 0 Å². The molecule has 0 fully saturated rings. The Morgan fingerprint density at radius 3 is 2.68 bits per heavy atom. The minimum atomic E-state index is -0.316. The van der Waals surface area contributed by atoms with Crippen LogP contribution in [0.4, 0.5) is 0 Å². The van der Waals surface area contributed by atoms with Crippen molar-refractivity contribution in [2.24, 2.45) is 0 Å². The van der Waals surface area contributed by atoms with Crippen LogP contribution < -0.4 is 10.4 Å². The molecule has 0 saturated carbocycles. The molecule has 142 valence electrons. The molecule has 0 atom stereocenters. The standard InChI is InChI=1S/C22H20N2O3S/c1-3-16-24-19-18-17(12-8-10-13(26-2)11-9-12)14-6-4-5-7-15(14)23-21(18)28-20(19)22(25)27-16/h8-11H,3-7H2,1-2H3. The van der Waals surface area contributed by atoms with E-state index in [1.165, 1.54) is 16.9 Å². The molecule has 28 heavy (non-hydrogen) atoms. The molecule has 0 spiro atoms. The third-order valence-electron chi connectivity index (χ3n) is 5.41. The van der Waals surface area contributed by atoms with E-state index in [4.69, 9.17) is 19.1 Å². The van der Waals surface area contributed by atoms with Crippen LogP contribution in [0.3, 0.4) is 0 Å². The number of hydrogen-bond acceptors (Lipinski definition) is 6. The van der Waals surface area contributed by atoms with Crippen LogP contribution in [0.2, 0.25) is 0 Å². The molecule has 0 aliphatic heterocycles. The van der Waals surface area contributed by atoms with E-state index in [9.17, 15) is 4.79 Å². The number of aromatic nitrogens is 2. The highest BCUT2D eigenvalue weighted by molar-refractivity contribution is 7.25. The van der Waals surface area contributed by atoms with Crippen molar-refractivity contribution < 1.29 is 9.15 Å². The second kappa shape index (κ2) is 6.71. The summed E-state index contributed by atoms with van der Waals surface area (Å²) in [6, 6.07) is 8.12. The minimum absolute atomic E-state index is 0.316. The van der Waals surface area contributed by atoms with Crippen molar-refractivity contribution in [1.29, 1.82) is 0 Å². The first-order chi connectivity index (χ1) is 13.7. The van der Waals surface area contributed by atoms with Crippen molar-refractivity contribution >= 4 is 31.8 Å². The number of ether oxygens (including phenoxy) is 1. The molecule has 0 amide bonds. The Morgan fingerprint density at radius 1 is 1.14 bits per heavy atom. The number of nitrogens with zero attached hydrogens (tertiary/aromatic N) is 2. The number of fused-ring (bicyclic) bond motifs is 4. The molecule has 3 aromatic heterocycles. The van der Waals surface area contributed by atoms with E-state index in [2.05, 4.69) is 12.1 Å². The van der Waals surface area contributed by atoms with E-state index in [0.717, 1.165) is 64.0 Å². The van der Waals surface area contributed by atoms with Gasteiger partial charge in [-0.2, -0.15) is 0 Å². The number of rotatable bonds is 3. The number of benzene rings is 1. The van der Waals surface area contributed by atoms with E-state index in [0.29, 0.717) is 17.0 Å². The smallest absolute Gasteiger partial charge is 0.357 e. The van der Waals surface area contributed by atoms with Crippen LogP contribution in [0.25, 0.3) is 31.6 Å². The van der Waals surface area contributed by atoms with Crippen molar-refractivity contribution in [2.45, 2.75) is 39.0 Å². The van der Waals surface area contributed by atoms with Gasteiger partial charge < -0.3 is 9.15 Å². The van der Waals surface area contributed by atoms with Crippen molar-refractivity contribution in [1.82, 2.24) is 9.97 Å². The van der Waals surface area contributed by atoms with E-state index in [-0.39, 0.29) is 5.63 Å². The molecular weight excluding hydrogens is 372 g/mol. The average Bonchev–Trinajstić information content (AvgIpc) is 3.10. The largest absolute Gasteiger partial charge is 0.497 e. The highest BCUT2D eigenvalue weighted by atomic mass is 32.1. The summed E-state index contributed by atoms with van der Waals surface area (Å²) in [5, 5.41) is 0.980. The van der Waals surface area contributed by atoms with Gasteiger partial charge in [0.25, 0.3) is 0 Å². The van der Waals surface area contributed by atoms with Gasteiger partial charge in [-0.25, -0.2) is 14.8 Å². The Bertz CT molecular complexity index is 1260. The number of methoxy groups -OCH3 is 1. The fourth-order valence-corrected chi connectivity index (χ4v) is 5.06. The van der Waals surface area contributed by atoms with Gasteiger partial charge in [-0.05, 0) is 54.5 Å². The van der Waals surface area contributed by atoms with Crippen LogP contribution in [-0.4, -0.2) is 17.1 Å². The second-order valence-electron chi connectivity index (χ2n) is 7.06. The Hall–Kier alpha value is -2.73. The molecule has 1 aliphatic rings. The topological polar surface area (TPSA) is 65.2 Å². The van der Waals surface area contributed by atoms with Gasteiger partial charge in [-0.3, -0.25) is 0 Å². The first-order valence-electron chi connectivity index (χ1n) is 9.62. The second-order valence-corrected chi connectivity index (χ2v) is 8.06. The maximum atomic E-state index is 12.5.